The molecule has 0 aliphatic carbocycles. The number of carbonyl (C=O) groups excluding carboxylic acids is 1. The van der Waals surface area contributed by atoms with Gasteiger partial charge in [0.1, 0.15) is 6.61 Å². The van der Waals surface area contributed by atoms with E-state index in [0.29, 0.717) is 32.8 Å². The second-order valence-corrected chi connectivity index (χ2v) is 6.82. The lowest BCUT2D eigenvalue weighted by molar-refractivity contribution is -0.124. The molecule has 0 heterocycles. The van der Waals surface area contributed by atoms with E-state index >= 15 is 0 Å². The van der Waals surface area contributed by atoms with Gasteiger partial charge in [-0.25, -0.2) is 0 Å². The largest absolute Gasteiger partial charge is 0.377 e. The summed E-state index contributed by atoms with van der Waals surface area (Å²) >= 11 is 0. The Labute approximate surface area is 143 Å². The van der Waals surface area contributed by atoms with Crippen LogP contribution >= 0.6 is 0 Å². The van der Waals surface area contributed by atoms with Crippen LogP contribution in [0.1, 0.15) is 72.6 Å². The Bertz CT molecular complexity index is 264. The van der Waals surface area contributed by atoms with E-state index in [1.54, 1.807) is 0 Å². The molecule has 0 aromatic carbocycles. The first-order valence-electron chi connectivity index (χ1n) is 9.31. The Morgan fingerprint density at radius 1 is 0.783 bits per heavy atom. The molecule has 0 aliphatic heterocycles. The zero-order valence-electron chi connectivity index (χ0n) is 15.8. The second kappa shape index (κ2) is 16.4. The summed E-state index contributed by atoms with van der Waals surface area (Å²) in [6, 6.07) is 0. The van der Waals surface area contributed by atoms with Crippen LogP contribution in [0.2, 0.25) is 0 Å². The van der Waals surface area contributed by atoms with E-state index in [1.807, 2.05) is 13.8 Å². The number of rotatable bonds is 17. The smallest absolute Gasteiger partial charge is 0.158 e. The zero-order valence-corrected chi connectivity index (χ0v) is 15.8. The Balaban J connectivity index is 3.19. The van der Waals surface area contributed by atoms with E-state index in [9.17, 15) is 4.79 Å². The van der Waals surface area contributed by atoms with E-state index in [-0.39, 0.29) is 18.5 Å². The highest BCUT2D eigenvalue weighted by Crippen LogP contribution is 2.11. The Hall–Kier alpha value is -0.450. The summed E-state index contributed by atoms with van der Waals surface area (Å²) < 4.78 is 16.0. The summed E-state index contributed by atoms with van der Waals surface area (Å²) in [6.07, 6.45) is 8.20. The maximum atomic E-state index is 11.6. The van der Waals surface area contributed by atoms with Gasteiger partial charge in [-0.15, -0.1) is 0 Å². The first kappa shape index (κ1) is 22.6. The van der Waals surface area contributed by atoms with Crippen molar-refractivity contribution in [2.45, 2.75) is 78.7 Å². The summed E-state index contributed by atoms with van der Waals surface area (Å²) in [7, 11) is 0. The lowest BCUT2D eigenvalue weighted by atomic mass is 10.0. The maximum Gasteiger partial charge on any atom is 0.158 e. The Kier molecular flexibility index (Phi) is 16.1. The highest BCUT2D eigenvalue weighted by atomic mass is 16.5. The number of hydrogen-bond acceptors (Lipinski definition) is 4. The molecule has 0 fully saturated rings. The van der Waals surface area contributed by atoms with Crippen molar-refractivity contribution in [3.05, 3.63) is 0 Å². The van der Waals surface area contributed by atoms with Crippen LogP contribution in [-0.2, 0) is 19.0 Å². The number of carbonyl (C=O) groups is 1. The summed E-state index contributed by atoms with van der Waals surface area (Å²) in [5, 5.41) is 0. The van der Waals surface area contributed by atoms with Crippen molar-refractivity contribution < 1.29 is 19.0 Å². The van der Waals surface area contributed by atoms with Gasteiger partial charge in [0.15, 0.2) is 5.78 Å². The summed E-state index contributed by atoms with van der Waals surface area (Å²) in [5.41, 5.74) is 0. The van der Waals surface area contributed by atoms with E-state index < -0.39 is 0 Å². The standard InChI is InChI=1S/C19H38O4/c1-17(2)10-8-6-5-7-9-11-19(20)16-22-13-12-21-14-15-23-18(3)4/h17-18H,5-16H2,1-4H3. The Morgan fingerprint density at radius 3 is 2.09 bits per heavy atom. The van der Waals surface area contributed by atoms with Gasteiger partial charge in [0.25, 0.3) is 0 Å². The van der Waals surface area contributed by atoms with Crippen molar-refractivity contribution in [2.75, 3.05) is 33.0 Å². The van der Waals surface area contributed by atoms with Crippen LogP contribution in [-0.4, -0.2) is 44.9 Å². The van der Waals surface area contributed by atoms with Crippen LogP contribution in [0.15, 0.2) is 0 Å². The topological polar surface area (TPSA) is 44.8 Å². The lowest BCUT2D eigenvalue weighted by Crippen LogP contribution is -2.14. The van der Waals surface area contributed by atoms with Crippen LogP contribution in [0.25, 0.3) is 0 Å². The Morgan fingerprint density at radius 2 is 1.39 bits per heavy atom. The first-order chi connectivity index (χ1) is 11.0. The fraction of sp³-hybridized carbons (Fsp3) is 0.947. The molecule has 138 valence electrons. The first-order valence-corrected chi connectivity index (χ1v) is 9.31. The van der Waals surface area contributed by atoms with Crippen LogP contribution in [0, 0.1) is 5.92 Å². The van der Waals surface area contributed by atoms with Crippen LogP contribution < -0.4 is 0 Å². The predicted molar refractivity (Wildman–Crippen MR) is 94.9 cm³/mol. The highest BCUT2D eigenvalue weighted by molar-refractivity contribution is 5.79. The molecule has 0 unspecified atom stereocenters. The van der Waals surface area contributed by atoms with Crippen LogP contribution in [0.4, 0.5) is 0 Å². The van der Waals surface area contributed by atoms with Crippen molar-refractivity contribution in [3.63, 3.8) is 0 Å². The van der Waals surface area contributed by atoms with E-state index in [2.05, 4.69) is 13.8 Å². The van der Waals surface area contributed by atoms with Gasteiger partial charge in [-0.3, -0.25) is 4.79 Å². The molecule has 0 N–H and O–H groups in total. The molecule has 4 heteroatoms. The molecule has 0 bridgehead atoms. The number of ether oxygens (including phenoxy) is 3. The SMILES string of the molecule is CC(C)CCCCCCCC(=O)COCCOCCOC(C)C. The molecule has 0 aromatic rings. The second-order valence-electron chi connectivity index (χ2n) is 6.82. The molecule has 0 amide bonds. The van der Waals surface area contributed by atoms with Gasteiger partial charge in [-0.05, 0) is 26.2 Å². The van der Waals surface area contributed by atoms with Crippen LogP contribution in [0.3, 0.4) is 0 Å². The molecule has 4 nitrogen and oxygen atoms in total. The number of ketones is 1. The third-order valence-electron chi connectivity index (χ3n) is 3.55. The molecule has 0 spiro atoms. The van der Waals surface area contributed by atoms with Crippen LogP contribution in [0.5, 0.6) is 0 Å². The molecule has 0 rings (SSSR count). The fourth-order valence-corrected chi connectivity index (χ4v) is 2.23. The van der Waals surface area contributed by atoms with Crippen molar-refractivity contribution in [1.82, 2.24) is 0 Å². The molecule has 0 atom stereocenters. The van der Waals surface area contributed by atoms with Crippen molar-refractivity contribution in [3.8, 4) is 0 Å². The molecule has 0 aliphatic rings. The third kappa shape index (κ3) is 19.5. The summed E-state index contributed by atoms with van der Waals surface area (Å²) in [5.74, 6) is 1.01. The van der Waals surface area contributed by atoms with Crippen molar-refractivity contribution in [2.24, 2.45) is 5.92 Å². The number of Topliss-reactive ketones (excluding diaryl/α,β-unsaturated/α-hetero) is 1. The zero-order chi connectivity index (χ0) is 17.3. The molecule has 0 radical (unpaired) electrons. The third-order valence-corrected chi connectivity index (χ3v) is 3.55. The van der Waals surface area contributed by atoms with E-state index in [0.717, 1.165) is 18.8 Å². The highest BCUT2D eigenvalue weighted by Gasteiger charge is 2.02. The normalized spacial score (nSPS) is 11.6. The fourth-order valence-electron chi connectivity index (χ4n) is 2.23. The molecule has 0 aromatic heterocycles. The number of hydrogen-bond donors (Lipinski definition) is 0. The van der Waals surface area contributed by atoms with Gasteiger partial charge < -0.3 is 14.2 Å². The molecule has 23 heavy (non-hydrogen) atoms. The van der Waals surface area contributed by atoms with Crippen molar-refractivity contribution >= 4 is 5.78 Å². The maximum absolute atomic E-state index is 11.6. The molecular formula is C19H38O4. The average molecular weight is 331 g/mol. The monoisotopic (exact) mass is 330 g/mol. The minimum absolute atomic E-state index is 0.204. The summed E-state index contributed by atoms with van der Waals surface area (Å²) in [4.78, 5) is 11.6. The minimum atomic E-state index is 0.204. The van der Waals surface area contributed by atoms with Gasteiger partial charge in [-0.2, -0.15) is 0 Å². The predicted octanol–water partition coefficient (Wildman–Crippen LogP) is 4.40. The van der Waals surface area contributed by atoms with E-state index in [1.165, 1.54) is 25.7 Å². The lowest BCUT2D eigenvalue weighted by Gasteiger charge is -2.08. The van der Waals surface area contributed by atoms with Gasteiger partial charge >= 0.3 is 0 Å². The molecule has 0 saturated heterocycles. The van der Waals surface area contributed by atoms with Gasteiger partial charge in [-0.1, -0.05) is 46.0 Å². The number of unbranched alkanes of at least 4 members (excludes halogenated alkanes) is 4. The average Bonchev–Trinajstić information content (AvgIpc) is 2.48. The molecular weight excluding hydrogens is 292 g/mol. The molecule has 0 saturated carbocycles. The van der Waals surface area contributed by atoms with Gasteiger partial charge in [0.2, 0.25) is 0 Å². The van der Waals surface area contributed by atoms with E-state index in [4.69, 9.17) is 14.2 Å². The van der Waals surface area contributed by atoms with Gasteiger partial charge in [0.05, 0.1) is 32.5 Å². The van der Waals surface area contributed by atoms with Crippen molar-refractivity contribution in [1.29, 1.82) is 0 Å². The van der Waals surface area contributed by atoms with Gasteiger partial charge in [0, 0.05) is 6.42 Å². The summed E-state index contributed by atoms with van der Waals surface area (Å²) in [6.45, 7) is 10.9. The minimum Gasteiger partial charge on any atom is -0.377 e. The quantitative estimate of drug-likeness (QED) is 0.371.